The van der Waals surface area contributed by atoms with Crippen LogP contribution in [0.25, 0.3) is 0 Å². The van der Waals surface area contributed by atoms with E-state index in [1.54, 1.807) is 0 Å². The number of allylic oxidation sites excluding steroid dienone is 8. The fourth-order valence-corrected chi connectivity index (χ4v) is 1.44. The van der Waals surface area contributed by atoms with Crippen LogP contribution in [0.2, 0.25) is 0 Å². The standard InChI is InChI=1S/C17H27/c1-3-5-7-9-11-13-15-17-16-14-12-10-8-6-4-2/h6,8,10,12,14-17H,1,3-5,7,9,11,13H2,2H3/b8-6+,12-10+,16-14+,17-15+. The minimum atomic E-state index is 1.08. The van der Waals surface area contributed by atoms with Crippen LogP contribution in [0.5, 0.6) is 0 Å². The van der Waals surface area contributed by atoms with E-state index in [2.05, 4.69) is 62.5 Å². The molecule has 0 nitrogen and oxygen atoms in total. The summed E-state index contributed by atoms with van der Waals surface area (Å²) < 4.78 is 0. The summed E-state index contributed by atoms with van der Waals surface area (Å²) in [6, 6.07) is 0. The number of rotatable bonds is 10. The summed E-state index contributed by atoms with van der Waals surface area (Å²) in [7, 11) is 0. The van der Waals surface area contributed by atoms with E-state index in [0.717, 1.165) is 12.8 Å². The van der Waals surface area contributed by atoms with Gasteiger partial charge in [-0.05, 0) is 19.3 Å². The number of hydrogen-bond acceptors (Lipinski definition) is 0. The molecule has 0 heterocycles. The van der Waals surface area contributed by atoms with Crippen molar-refractivity contribution >= 4 is 0 Å². The van der Waals surface area contributed by atoms with Gasteiger partial charge in [0.05, 0.1) is 0 Å². The highest BCUT2D eigenvalue weighted by atomic mass is 13.9. The van der Waals surface area contributed by atoms with Crippen LogP contribution in [-0.2, 0) is 0 Å². The fraction of sp³-hybridized carbons (Fsp3) is 0.471. The molecule has 0 saturated heterocycles. The van der Waals surface area contributed by atoms with Crippen molar-refractivity contribution in [2.75, 3.05) is 0 Å². The SMILES string of the molecule is [CH2]CCCCCC/C=C/C=C/C=C/C=C/CC. The zero-order valence-corrected chi connectivity index (χ0v) is 11.3. The van der Waals surface area contributed by atoms with Gasteiger partial charge in [-0.2, -0.15) is 0 Å². The van der Waals surface area contributed by atoms with E-state index in [1.165, 1.54) is 32.1 Å². The van der Waals surface area contributed by atoms with E-state index in [9.17, 15) is 0 Å². The average molecular weight is 231 g/mol. The summed E-state index contributed by atoms with van der Waals surface area (Å²) in [6.07, 6.45) is 25.5. The van der Waals surface area contributed by atoms with Crippen molar-refractivity contribution in [1.82, 2.24) is 0 Å². The van der Waals surface area contributed by atoms with E-state index in [0.29, 0.717) is 0 Å². The van der Waals surface area contributed by atoms with Crippen LogP contribution in [0, 0.1) is 6.92 Å². The summed E-state index contributed by atoms with van der Waals surface area (Å²) in [5.74, 6) is 0. The lowest BCUT2D eigenvalue weighted by molar-refractivity contribution is 0.651. The molecule has 0 aromatic rings. The van der Waals surface area contributed by atoms with E-state index in [-0.39, 0.29) is 0 Å². The molecule has 0 rings (SSSR count). The van der Waals surface area contributed by atoms with Gasteiger partial charge < -0.3 is 0 Å². The normalized spacial score (nSPS) is 12.8. The molecule has 0 bridgehead atoms. The lowest BCUT2D eigenvalue weighted by Crippen LogP contribution is -1.75. The third-order valence-electron chi connectivity index (χ3n) is 2.43. The summed E-state index contributed by atoms with van der Waals surface area (Å²) in [5, 5.41) is 0. The van der Waals surface area contributed by atoms with Crippen molar-refractivity contribution in [2.45, 2.75) is 51.9 Å². The van der Waals surface area contributed by atoms with E-state index < -0.39 is 0 Å². The van der Waals surface area contributed by atoms with Gasteiger partial charge in [0.1, 0.15) is 0 Å². The molecule has 0 aliphatic rings. The van der Waals surface area contributed by atoms with Gasteiger partial charge >= 0.3 is 0 Å². The molecule has 0 fully saturated rings. The van der Waals surface area contributed by atoms with Crippen molar-refractivity contribution < 1.29 is 0 Å². The molecule has 0 spiro atoms. The summed E-state index contributed by atoms with van der Waals surface area (Å²) in [6.45, 7) is 5.98. The molecule has 0 heteroatoms. The van der Waals surface area contributed by atoms with Crippen LogP contribution in [-0.4, -0.2) is 0 Å². The lowest BCUT2D eigenvalue weighted by Gasteiger charge is -1.95. The van der Waals surface area contributed by atoms with Crippen LogP contribution in [0.15, 0.2) is 48.6 Å². The molecule has 17 heavy (non-hydrogen) atoms. The van der Waals surface area contributed by atoms with Gasteiger partial charge in [-0.25, -0.2) is 0 Å². The molecule has 0 aromatic heterocycles. The Morgan fingerprint density at radius 3 is 1.94 bits per heavy atom. The third-order valence-corrected chi connectivity index (χ3v) is 2.43. The quantitative estimate of drug-likeness (QED) is 0.329. The second-order valence-corrected chi connectivity index (χ2v) is 4.09. The smallest absolute Gasteiger partial charge is 0.0348 e. The van der Waals surface area contributed by atoms with Crippen molar-refractivity contribution in [1.29, 1.82) is 0 Å². The highest BCUT2D eigenvalue weighted by Crippen LogP contribution is 2.05. The van der Waals surface area contributed by atoms with E-state index in [4.69, 9.17) is 0 Å². The fourth-order valence-electron chi connectivity index (χ4n) is 1.44. The topological polar surface area (TPSA) is 0 Å². The van der Waals surface area contributed by atoms with Crippen LogP contribution in [0.1, 0.15) is 51.9 Å². The Bertz CT molecular complexity index is 241. The zero-order chi connectivity index (χ0) is 12.6. The molecule has 0 aliphatic heterocycles. The Morgan fingerprint density at radius 2 is 1.29 bits per heavy atom. The Kier molecular flexibility index (Phi) is 14.0. The van der Waals surface area contributed by atoms with Gasteiger partial charge in [-0.3, -0.25) is 0 Å². The second kappa shape index (κ2) is 15.0. The van der Waals surface area contributed by atoms with Crippen molar-refractivity contribution in [3.8, 4) is 0 Å². The predicted molar refractivity (Wildman–Crippen MR) is 79.9 cm³/mol. The van der Waals surface area contributed by atoms with Crippen LogP contribution < -0.4 is 0 Å². The maximum atomic E-state index is 3.85. The van der Waals surface area contributed by atoms with E-state index in [1.807, 2.05) is 0 Å². The first-order valence-electron chi connectivity index (χ1n) is 6.86. The highest BCUT2D eigenvalue weighted by molar-refractivity contribution is 5.15. The van der Waals surface area contributed by atoms with Gasteiger partial charge in [0.15, 0.2) is 0 Å². The van der Waals surface area contributed by atoms with Crippen molar-refractivity contribution in [2.24, 2.45) is 0 Å². The molecule has 1 radical (unpaired) electrons. The molecular weight excluding hydrogens is 204 g/mol. The molecule has 0 unspecified atom stereocenters. The molecule has 95 valence electrons. The molecular formula is C17H27. The highest BCUT2D eigenvalue weighted by Gasteiger charge is 1.85. The van der Waals surface area contributed by atoms with Crippen molar-refractivity contribution in [3.63, 3.8) is 0 Å². The van der Waals surface area contributed by atoms with Gasteiger partial charge in [0.2, 0.25) is 0 Å². The minimum absolute atomic E-state index is 1.08. The monoisotopic (exact) mass is 231 g/mol. The van der Waals surface area contributed by atoms with Gasteiger partial charge in [0, 0.05) is 0 Å². The summed E-state index contributed by atoms with van der Waals surface area (Å²) in [5.41, 5.74) is 0. The maximum Gasteiger partial charge on any atom is -0.0348 e. The van der Waals surface area contributed by atoms with Gasteiger partial charge in [-0.1, -0.05) is 88.1 Å². The van der Waals surface area contributed by atoms with E-state index >= 15 is 0 Å². The number of unbranched alkanes of at least 4 members (excludes halogenated alkanes) is 5. The third kappa shape index (κ3) is 15.0. The minimum Gasteiger partial charge on any atom is -0.0848 e. The molecule has 0 saturated carbocycles. The molecule has 0 aromatic carbocycles. The molecule has 0 amide bonds. The molecule has 0 aliphatic carbocycles. The summed E-state index contributed by atoms with van der Waals surface area (Å²) >= 11 is 0. The van der Waals surface area contributed by atoms with Crippen molar-refractivity contribution in [3.05, 3.63) is 55.5 Å². The predicted octanol–water partition coefficient (Wildman–Crippen LogP) is 5.80. The maximum absolute atomic E-state index is 3.85. The zero-order valence-electron chi connectivity index (χ0n) is 11.3. The second-order valence-electron chi connectivity index (χ2n) is 4.09. The Morgan fingerprint density at radius 1 is 0.706 bits per heavy atom. The first kappa shape index (κ1) is 16.0. The molecule has 0 N–H and O–H groups in total. The largest absolute Gasteiger partial charge is 0.0848 e. The Hall–Kier alpha value is -1.04. The Balaban J connectivity index is 3.37. The average Bonchev–Trinajstić information content (AvgIpc) is 2.35. The lowest BCUT2D eigenvalue weighted by atomic mass is 10.1. The molecule has 0 atom stereocenters. The Labute approximate surface area is 108 Å². The van der Waals surface area contributed by atoms with Crippen LogP contribution in [0.3, 0.4) is 0 Å². The van der Waals surface area contributed by atoms with Gasteiger partial charge in [-0.15, -0.1) is 0 Å². The first-order valence-corrected chi connectivity index (χ1v) is 6.86. The van der Waals surface area contributed by atoms with Gasteiger partial charge in [0.25, 0.3) is 0 Å². The first-order chi connectivity index (χ1) is 8.41. The summed E-state index contributed by atoms with van der Waals surface area (Å²) in [4.78, 5) is 0. The van der Waals surface area contributed by atoms with Crippen LogP contribution in [0.4, 0.5) is 0 Å². The number of hydrogen-bond donors (Lipinski definition) is 0. The van der Waals surface area contributed by atoms with Crippen LogP contribution >= 0.6 is 0 Å².